The van der Waals surface area contributed by atoms with Crippen LogP contribution in [0.5, 0.6) is 0 Å². The van der Waals surface area contributed by atoms with Gasteiger partial charge in [-0.05, 0) is 17.7 Å². The molecule has 0 unspecified atom stereocenters. The number of ether oxygens (including phenoxy) is 1. The Morgan fingerprint density at radius 1 is 1.37 bits per heavy atom. The van der Waals surface area contributed by atoms with Gasteiger partial charge in [0.2, 0.25) is 0 Å². The van der Waals surface area contributed by atoms with E-state index in [0.29, 0.717) is 12.2 Å². The van der Waals surface area contributed by atoms with Gasteiger partial charge in [0.15, 0.2) is 0 Å². The van der Waals surface area contributed by atoms with Gasteiger partial charge in [0.1, 0.15) is 0 Å². The maximum Gasteiger partial charge on any atom is 0.277 e. The van der Waals surface area contributed by atoms with Gasteiger partial charge < -0.3 is 15.8 Å². The van der Waals surface area contributed by atoms with E-state index in [1.165, 1.54) is 0 Å². The van der Waals surface area contributed by atoms with Crippen LogP contribution in [0.4, 0.5) is 8.78 Å². The molecule has 0 bridgehead atoms. The zero-order chi connectivity index (χ0) is 13.6. The van der Waals surface area contributed by atoms with Crippen LogP contribution in [-0.4, -0.2) is 32.0 Å². The smallest absolute Gasteiger partial charge is 0.277 e. The number of hydrogen-bond acceptors (Lipinski definition) is 3. The number of carbonyl (C=O) groups excluding carboxylic acids is 1. The summed E-state index contributed by atoms with van der Waals surface area (Å²) in [6.07, 6.45) is 0. The van der Waals surface area contributed by atoms with Crippen molar-refractivity contribution in [1.29, 1.82) is 0 Å². The molecule has 19 heavy (non-hydrogen) atoms. The van der Waals surface area contributed by atoms with Gasteiger partial charge >= 0.3 is 0 Å². The van der Waals surface area contributed by atoms with Crippen LogP contribution in [0.2, 0.25) is 0 Å². The Morgan fingerprint density at radius 3 is 2.42 bits per heavy atom. The van der Waals surface area contributed by atoms with Crippen molar-refractivity contribution < 1.29 is 18.3 Å². The molecule has 0 fully saturated rings. The van der Waals surface area contributed by atoms with E-state index < -0.39 is 24.9 Å². The van der Waals surface area contributed by atoms with Crippen molar-refractivity contribution in [3.63, 3.8) is 0 Å². The van der Waals surface area contributed by atoms with Gasteiger partial charge in [-0.25, -0.2) is 8.78 Å². The first-order valence-electron chi connectivity index (χ1n) is 5.42. The van der Waals surface area contributed by atoms with Crippen LogP contribution >= 0.6 is 12.4 Å². The molecule has 7 heteroatoms. The summed E-state index contributed by atoms with van der Waals surface area (Å²) < 4.78 is 30.6. The Labute approximate surface area is 116 Å². The summed E-state index contributed by atoms with van der Waals surface area (Å²) in [6.45, 7) is -1.12. The van der Waals surface area contributed by atoms with E-state index in [0.717, 1.165) is 5.56 Å². The Balaban J connectivity index is 0.00000324. The fourth-order valence-corrected chi connectivity index (χ4v) is 1.30. The first-order valence-corrected chi connectivity index (χ1v) is 5.42. The number of rotatable bonds is 6. The third-order valence-electron chi connectivity index (χ3n) is 2.33. The van der Waals surface area contributed by atoms with Crippen molar-refractivity contribution in [2.24, 2.45) is 5.73 Å². The topological polar surface area (TPSA) is 64.3 Å². The number of methoxy groups -OCH3 is 1. The molecule has 0 saturated carbocycles. The number of carbonyl (C=O) groups is 1. The number of alkyl halides is 2. The number of benzene rings is 1. The summed E-state index contributed by atoms with van der Waals surface area (Å²) in [5, 5.41) is 2.14. The number of amides is 1. The molecular formula is C12H17ClF2N2O2. The van der Waals surface area contributed by atoms with Crippen LogP contribution in [0.15, 0.2) is 24.3 Å². The van der Waals surface area contributed by atoms with Crippen LogP contribution in [-0.2, 0) is 11.3 Å². The van der Waals surface area contributed by atoms with Crippen molar-refractivity contribution in [3.05, 3.63) is 35.4 Å². The number of halogens is 3. The van der Waals surface area contributed by atoms with Gasteiger partial charge in [-0.3, -0.25) is 4.79 Å². The Bertz CT molecular complexity index is 399. The van der Waals surface area contributed by atoms with Gasteiger partial charge in [-0.1, -0.05) is 12.1 Å². The molecule has 0 radical (unpaired) electrons. The van der Waals surface area contributed by atoms with E-state index in [4.69, 9.17) is 10.5 Å². The summed E-state index contributed by atoms with van der Waals surface area (Å²) >= 11 is 0. The van der Waals surface area contributed by atoms with E-state index in [1.54, 1.807) is 31.4 Å². The molecule has 1 rings (SSSR count). The fourth-order valence-electron chi connectivity index (χ4n) is 1.30. The van der Waals surface area contributed by atoms with Gasteiger partial charge in [0.05, 0.1) is 19.7 Å². The van der Waals surface area contributed by atoms with Gasteiger partial charge in [-0.2, -0.15) is 0 Å². The molecule has 0 heterocycles. The monoisotopic (exact) mass is 294 g/mol. The summed E-state index contributed by atoms with van der Waals surface area (Å²) in [6, 6.07) is 6.54. The van der Waals surface area contributed by atoms with Crippen molar-refractivity contribution in [2.45, 2.75) is 12.5 Å². The highest BCUT2D eigenvalue weighted by atomic mass is 35.5. The number of hydrogen-bond donors (Lipinski definition) is 2. The summed E-state index contributed by atoms with van der Waals surface area (Å²) in [7, 11) is 1.57. The second-order valence-corrected chi connectivity index (χ2v) is 3.87. The largest absolute Gasteiger partial charge is 0.380 e. The molecule has 0 aliphatic heterocycles. The molecule has 4 nitrogen and oxygen atoms in total. The second-order valence-electron chi connectivity index (χ2n) is 3.87. The molecule has 1 amide bonds. The lowest BCUT2D eigenvalue weighted by atomic mass is 10.1. The highest BCUT2D eigenvalue weighted by molar-refractivity contribution is 5.94. The summed E-state index contributed by atoms with van der Waals surface area (Å²) in [5.41, 5.74) is 6.10. The molecule has 1 aromatic carbocycles. The van der Waals surface area contributed by atoms with Gasteiger partial charge in [-0.15, -0.1) is 12.4 Å². The lowest BCUT2D eigenvalue weighted by Gasteiger charge is -2.14. The van der Waals surface area contributed by atoms with Crippen LogP contribution < -0.4 is 11.1 Å². The molecular weight excluding hydrogens is 278 g/mol. The first-order chi connectivity index (χ1) is 8.48. The van der Waals surface area contributed by atoms with E-state index >= 15 is 0 Å². The van der Waals surface area contributed by atoms with Crippen molar-refractivity contribution in [3.8, 4) is 0 Å². The predicted octanol–water partition coefficient (Wildman–Crippen LogP) is 1.58. The standard InChI is InChI=1S/C12H16F2N2O2.ClH/c1-18-6-9-2-4-10(5-3-9)11(17)16-8-12(13,14)7-15;/h2-5H,6-8,15H2,1H3,(H,16,17);1H. The second kappa shape index (κ2) is 8.04. The normalized spacial score (nSPS) is 10.7. The van der Waals surface area contributed by atoms with Crippen molar-refractivity contribution >= 4 is 18.3 Å². The number of nitrogens with two attached hydrogens (primary N) is 1. The molecule has 0 atom stereocenters. The molecule has 3 N–H and O–H groups in total. The van der Waals surface area contributed by atoms with Crippen LogP contribution in [0.3, 0.4) is 0 Å². The van der Waals surface area contributed by atoms with E-state index in [1.807, 2.05) is 0 Å². The zero-order valence-corrected chi connectivity index (χ0v) is 11.3. The Hall–Kier alpha value is -1.24. The van der Waals surface area contributed by atoms with Crippen LogP contribution in [0.25, 0.3) is 0 Å². The molecule has 0 spiro atoms. The van der Waals surface area contributed by atoms with Crippen molar-refractivity contribution in [2.75, 3.05) is 20.2 Å². The lowest BCUT2D eigenvalue weighted by Crippen LogP contribution is -2.41. The number of nitrogens with one attached hydrogen (secondary N) is 1. The zero-order valence-electron chi connectivity index (χ0n) is 10.5. The average molecular weight is 295 g/mol. The molecule has 0 aliphatic carbocycles. The van der Waals surface area contributed by atoms with E-state index in [9.17, 15) is 13.6 Å². The van der Waals surface area contributed by atoms with Gasteiger partial charge in [0, 0.05) is 12.7 Å². The lowest BCUT2D eigenvalue weighted by molar-refractivity contribution is 0.0118. The minimum atomic E-state index is -3.08. The van der Waals surface area contributed by atoms with Gasteiger partial charge in [0.25, 0.3) is 11.8 Å². The first kappa shape index (κ1) is 17.8. The fraction of sp³-hybridized carbons (Fsp3) is 0.417. The van der Waals surface area contributed by atoms with Crippen LogP contribution in [0, 0.1) is 0 Å². The molecule has 108 valence electrons. The average Bonchev–Trinajstić information content (AvgIpc) is 2.37. The van der Waals surface area contributed by atoms with E-state index in [2.05, 4.69) is 5.32 Å². The Kier molecular flexibility index (Phi) is 7.51. The highest BCUT2D eigenvalue weighted by Crippen LogP contribution is 2.10. The maximum atomic E-state index is 12.8. The summed E-state index contributed by atoms with van der Waals surface area (Å²) in [5.74, 6) is -3.63. The molecule has 0 saturated heterocycles. The molecule has 0 aromatic heterocycles. The van der Waals surface area contributed by atoms with Crippen molar-refractivity contribution in [1.82, 2.24) is 5.32 Å². The van der Waals surface area contributed by atoms with Crippen LogP contribution in [0.1, 0.15) is 15.9 Å². The highest BCUT2D eigenvalue weighted by Gasteiger charge is 2.27. The summed E-state index contributed by atoms with van der Waals surface area (Å²) in [4.78, 5) is 11.6. The minimum absolute atomic E-state index is 0. The third kappa shape index (κ3) is 5.96. The molecule has 0 aliphatic rings. The molecule has 1 aromatic rings. The SMILES string of the molecule is COCc1ccc(C(=O)NCC(F)(F)CN)cc1.Cl. The third-order valence-corrected chi connectivity index (χ3v) is 2.33. The van der Waals surface area contributed by atoms with E-state index in [-0.39, 0.29) is 12.4 Å². The predicted molar refractivity (Wildman–Crippen MR) is 70.7 cm³/mol. The quantitative estimate of drug-likeness (QED) is 0.837. The minimum Gasteiger partial charge on any atom is -0.380 e. The Morgan fingerprint density at radius 2 is 1.95 bits per heavy atom. The maximum absolute atomic E-state index is 12.8.